The Morgan fingerprint density at radius 3 is 1.96 bits per heavy atom. The number of carbonyl (C=O) groups excluding carboxylic acids is 2. The molecule has 0 saturated carbocycles. The molecule has 27 heavy (non-hydrogen) atoms. The van der Waals surface area contributed by atoms with Crippen LogP contribution in [0, 0.1) is 0 Å². The zero-order valence-corrected chi connectivity index (χ0v) is 18.5. The van der Waals surface area contributed by atoms with Gasteiger partial charge in [-0.25, -0.2) is 9.59 Å². The third kappa shape index (κ3) is 18.0. The molecule has 0 N–H and O–H groups in total. The fourth-order valence-corrected chi connectivity index (χ4v) is 10.2. The molecule has 0 aromatic carbocycles. The number of ether oxygens (including phenoxy) is 3. The molecule has 11 heteroatoms. The molecule has 6 nitrogen and oxygen atoms in total. The van der Waals surface area contributed by atoms with Gasteiger partial charge < -0.3 is 18.3 Å². The zero-order valence-electron chi connectivity index (χ0n) is 16.5. The van der Waals surface area contributed by atoms with Gasteiger partial charge in [0.05, 0.1) is 6.61 Å². The molecule has 0 aliphatic heterocycles. The Kier molecular flexibility index (Phi) is 11.1. The maximum absolute atomic E-state index is 11.8. The minimum absolute atomic E-state index is 0.0208. The molecule has 0 aliphatic carbocycles. The highest BCUT2D eigenvalue weighted by Gasteiger charge is 2.29. The van der Waals surface area contributed by atoms with Crippen LogP contribution in [-0.4, -0.2) is 61.2 Å². The Balaban J connectivity index is 3.80. The zero-order chi connectivity index (χ0) is 21.1. The summed E-state index contributed by atoms with van der Waals surface area (Å²) in [6.07, 6.45) is -2.47. The summed E-state index contributed by atoms with van der Waals surface area (Å²) >= 11 is 0. The summed E-state index contributed by atoms with van der Waals surface area (Å²) < 4.78 is 55.7. The molecule has 0 saturated heterocycles. The second kappa shape index (κ2) is 11.6. The minimum atomic E-state index is -4.61. The predicted octanol–water partition coefficient (Wildman–Crippen LogP) is 3.65. The summed E-state index contributed by atoms with van der Waals surface area (Å²) in [5.74, 6) is -2.13. The number of carbonyl (C=O) groups is 2. The van der Waals surface area contributed by atoms with Crippen LogP contribution in [0.3, 0.4) is 0 Å². The van der Waals surface area contributed by atoms with Crippen molar-refractivity contribution >= 4 is 28.6 Å². The maximum atomic E-state index is 11.8. The summed E-state index contributed by atoms with van der Waals surface area (Å²) in [6, 6.07) is 0.972. The van der Waals surface area contributed by atoms with Crippen LogP contribution in [0.25, 0.3) is 0 Å². The standard InChI is InChI=1S/C16H29F3O6Si2/c1-26(2,3)25-27(4,5)12-6-9-22-10-11-23-14(20)7-8-15(21)24-13-16(17,18)19/h7-8H,6,9-13H2,1-5H3. The fraction of sp³-hybridized carbons (Fsp3) is 0.750. The van der Waals surface area contributed by atoms with E-state index >= 15 is 0 Å². The number of hydrogen-bond donors (Lipinski definition) is 0. The average Bonchev–Trinajstić information content (AvgIpc) is 2.46. The van der Waals surface area contributed by atoms with Crippen molar-refractivity contribution in [2.45, 2.75) is 51.4 Å². The van der Waals surface area contributed by atoms with E-state index in [1.54, 1.807) is 0 Å². The Bertz CT molecular complexity index is 501. The molecule has 0 rings (SSSR count). The molecule has 0 unspecified atom stereocenters. The van der Waals surface area contributed by atoms with E-state index in [0.29, 0.717) is 18.8 Å². The van der Waals surface area contributed by atoms with Gasteiger partial charge in [-0.15, -0.1) is 0 Å². The molecule has 0 aromatic rings. The number of alkyl halides is 3. The van der Waals surface area contributed by atoms with E-state index in [-0.39, 0.29) is 13.2 Å². The largest absolute Gasteiger partial charge is 0.460 e. The topological polar surface area (TPSA) is 71.1 Å². The molecule has 0 atom stereocenters. The highest BCUT2D eigenvalue weighted by Crippen LogP contribution is 2.19. The van der Waals surface area contributed by atoms with Gasteiger partial charge in [-0.1, -0.05) is 0 Å². The van der Waals surface area contributed by atoms with Crippen LogP contribution in [0.5, 0.6) is 0 Å². The number of rotatable bonds is 12. The van der Waals surface area contributed by atoms with E-state index < -0.39 is 41.4 Å². The van der Waals surface area contributed by atoms with Crippen molar-refractivity contribution in [3.05, 3.63) is 12.2 Å². The lowest BCUT2D eigenvalue weighted by atomic mass is 10.5. The SMILES string of the molecule is C[Si](C)(C)O[Si](C)(C)CCCOCCOC(=O)C=CC(=O)OCC(F)(F)F. The van der Waals surface area contributed by atoms with E-state index in [9.17, 15) is 22.8 Å². The number of esters is 2. The third-order valence-electron chi connectivity index (χ3n) is 2.86. The molecule has 158 valence electrons. The van der Waals surface area contributed by atoms with Crippen LogP contribution in [0.2, 0.25) is 38.8 Å². The second-order valence-electron chi connectivity index (χ2n) is 7.41. The van der Waals surface area contributed by atoms with Crippen molar-refractivity contribution in [3.63, 3.8) is 0 Å². The van der Waals surface area contributed by atoms with Gasteiger partial charge in [0.25, 0.3) is 0 Å². The second-order valence-corrected chi connectivity index (χ2v) is 16.5. The van der Waals surface area contributed by atoms with Gasteiger partial charge in [-0.2, -0.15) is 13.2 Å². The van der Waals surface area contributed by atoms with Crippen molar-refractivity contribution in [1.82, 2.24) is 0 Å². The van der Waals surface area contributed by atoms with E-state index in [1.807, 2.05) is 0 Å². The van der Waals surface area contributed by atoms with E-state index in [2.05, 4.69) is 37.5 Å². The van der Waals surface area contributed by atoms with Gasteiger partial charge in [-0.05, 0) is 45.2 Å². The van der Waals surface area contributed by atoms with E-state index in [4.69, 9.17) is 13.6 Å². The average molecular weight is 431 g/mol. The highest BCUT2D eigenvalue weighted by atomic mass is 28.4. The third-order valence-corrected chi connectivity index (χ3v) is 9.07. The predicted molar refractivity (Wildman–Crippen MR) is 99.3 cm³/mol. The first kappa shape index (κ1) is 25.8. The van der Waals surface area contributed by atoms with Crippen LogP contribution in [-0.2, 0) is 27.9 Å². The molecule has 0 fully saturated rings. The van der Waals surface area contributed by atoms with Crippen molar-refractivity contribution in [1.29, 1.82) is 0 Å². The van der Waals surface area contributed by atoms with Crippen molar-refractivity contribution in [2.24, 2.45) is 0 Å². The molecule has 0 radical (unpaired) electrons. The number of halogens is 3. The minimum Gasteiger partial charge on any atom is -0.460 e. The Labute approximate surface area is 160 Å². The highest BCUT2D eigenvalue weighted by molar-refractivity contribution is 6.84. The van der Waals surface area contributed by atoms with Gasteiger partial charge in [-0.3, -0.25) is 0 Å². The fourth-order valence-electron chi connectivity index (χ4n) is 2.17. The molecule has 0 spiro atoms. The quantitative estimate of drug-likeness (QED) is 0.204. The lowest BCUT2D eigenvalue weighted by Gasteiger charge is -2.31. The molecule has 0 amide bonds. The maximum Gasteiger partial charge on any atom is 0.422 e. The Morgan fingerprint density at radius 2 is 1.44 bits per heavy atom. The monoisotopic (exact) mass is 430 g/mol. The molecule has 0 bridgehead atoms. The Morgan fingerprint density at radius 1 is 0.889 bits per heavy atom. The van der Waals surface area contributed by atoms with E-state index in [0.717, 1.165) is 12.5 Å². The van der Waals surface area contributed by atoms with Crippen LogP contribution in [0.4, 0.5) is 13.2 Å². The molecular weight excluding hydrogens is 401 g/mol. The molecule has 0 aliphatic rings. The van der Waals surface area contributed by atoms with E-state index in [1.165, 1.54) is 0 Å². The Hall–Kier alpha value is -1.18. The van der Waals surface area contributed by atoms with Gasteiger partial charge in [0.15, 0.2) is 23.2 Å². The van der Waals surface area contributed by atoms with Gasteiger partial charge >= 0.3 is 18.1 Å². The normalized spacial score (nSPS) is 13.0. The summed E-state index contributed by atoms with van der Waals surface area (Å²) in [6.45, 7) is 9.83. The molecule has 0 heterocycles. The van der Waals surface area contributed by atoms with Crippen LogP contribution in [0.1, 0.15) is 6.42 Å². The summed E-state index contributed by atoms with van der Waals surface area (Å²) in [5, 5.41) is 0. The van der Waals surface area contributed by atoms with Crippen molar-refractivity contribution in [3.8, 4) is 0 Å². The molecular formula is C16H29F3O6Si2. The summed E-state index contributed by atoms with van der Waals surface area (Å²) in [4.78, 5) is 22.3. The van der Waals surface area contributed by atoms with Crippen LogP contribution >= 0.6 is 0 Å². The van der Waals surface area contributed by atoms with Gasteiger partial charge in [0.2, 0.25) is 0 Å². The van der Waals surface area contributed by atoms with Gasteiger partial charge in [0, 0.05) is 18.8 Å². The lowest BCUT2D eigenvalue weighted by Crippen LogP contribution is -2.42. The number of hydrogen-bond acceptors (Lipinski definition) is 6. The van der Waals surface area contributed by atoms with Crippen molar-refractivity contribution < 1.29 is 41.1 Å². The first-order chi connectivity index (χ1) is 12.2. The summed E-state index contributed by atoms with van der Waals surface area (Å²) in [5.41, 5.74) is 0. The van der Waals surface area contributed by atoms with Crippen LogP contribution in [0.15, 0.2) is 12.2 Å². The van der Waals surface area contributed by atoms with Gasteiger partial charge in [0.1, 0.15) is 6.61 Å². The summed E-state index contributed by atoms with van der Waals surface area (Å²) in [7, 11) is -3.24. The first-order valence-electron chi connectivity index (χ1n) is 8.56. The first-order valence-corrected chi connectivity index (χ1v) is 15.1. The van der Waals surface area contributed by atoms with Crippen LogP contribution < -0.4 is 0 Å². The smallest absolute Gasteiger partial charge is 0.422 e. The lowest BCUT2D eigenvalue weighted by molar-refractivity contribution is -0.182. The van der Waals surface area contributed by atoms with Crippen molar-refractivity contribution in [2.75, 3.05) is 26.4 Å². The molecule has 0 aromatic heterocycles.